The molecule has 0 bridgehead atoms. The minimum atomic E-state index is -0.534. The van der Waals surface area contributed by atoms with Crippen molar-refractivity contribution in [1.29, 1.82) is 0 Å². The predicted molar refractivity (Wildman–Crippen MR) is 174 cm³/mol. The van der Waals surface area contributed by atoms with Crippen LogP contribution in [0.5, 0.6) is 0 Å². The molecule has 0 saturated carbocycles. The summed E-state index contributed by atoms with van der Waals surface area (Å²) < 4.78 is 6.31. The molecule has 43 heavy (non-hydrogen) atoms. The summed E-state index contributed by atoms with van der Waals surface area (Å²) in [5.74, 6) is 0.645. The third-order valence-electron chi connectivity index (χ3n) is 9.80. The number of hydrogen-bond acceptors (Lipinski definition) is 2. The first kappa shape index (κ1) is 24.4. The van der Waals surface area contributed by atoms with Crippen LogP contribution < -0.4 is 0 Å². The third kappa shape index (κ3) is 3.16. The summed E-state index contributed by atoms with van der Waals surface area (Å²) in [4.78, 5) is 4.89. The van der Waals surface area contributed by atoms with Crippen LogP contribution in [0.1, 0.15) is 47.2 Å². The molecule has 2 aliphatic rings. The van der Waals surface area contributed by atoms with E-state index in [1.54, 1.807) is 0 Å². The van der Waals surface area contributed by atoms with Crippen molar-refractivity contribution in [2.75, 3.05) is 0 Å². The maximum absolute atomic E-state index is 6.31. The topological polar surface area (TPSA) is 26.0 Å². The van der Waals surface area contributed by atoms with Crippen LogP contribution in [0.2, 0.25) is 0 Å². The fraction of sp³-hybridized carbons (Fsp3) is 0.0976. The molecule has 0 amide bonds. The molecule has 0 fully saturated rings. The minimum absolute atomic E-state index is 0.0964. The maximum Gasteiger partial charge on any atom is 0.227 e. The molecule has 1 unspecified atom stereocenters. The highest BCUT2D eigenvalue weighted by molar-refractivity contribution is 5.93. The zero-order valence-electron chi connectivity index (χ0n) is 24.1. The van der Waals surface area contributed by atoms with Gasteiger partial charge < -0.3 is 4.42 Å². The lowest BCUT2D eigenvalue weighted by molar-refractivity contribution is 0.619. The molecule has 0 radical (unpaired) electrons. The van der Waals surface area contributed by atoms with E-state index in [-0.39, 0.29) is 5.41 Å². The number of hydrogen-bond donors (Lipinski definition) is 0. The Balaban J connectivity index is 1.42. The minimum Gasteiger partial charge on any atom is -0.436 e. The van der Waals surface area contributed by atoms with E-state index in [0.717, 1.165) is 16.7 Å². The van der Waals surface area contributed by atoms with Crippen molar-refractivity contribution in [3.05, 3.63) is 173 Å². The summed E-state index contributed by atoms with van der Waals surface area (Å²) in [5, 5.41) is 0. The van der Waals surface area contributed by atoms with Crippen LogP contribution in [0.3, 0.4) is 0 Å². The Labute approximate surface area is 251 Å². The Kier molecular flexibility index (Phi) is 4.91. The lowest BCUT2D eigenvalue weighted by Gasteiger charge is -2.36. The van der Waals surface area contributed by atoms with Gasteiger partial charge in [0.2, 0.25) is 5.89 Å². The van der Waals surface area contributed by atoms with E-state index in [1.807, 2.05) is 24.3 Å². The second-order valence-electron chi connectivity index (χ2n) is 12.3. The largest absolute Gasteiger partial charge is 0.436 e. The average Bonchev–Trinajstić information content (AvgIpc) is 3.69. The van der Waals surface area contributed by atoms with Crippen LogP contribution in [-0.2, 0) is 10.8 Å². The average molecular weight is 552 g/mol. The van der Waals surface area contributed by atoms with Gasteiger partial charge in [0.05, 0.1) is 5.41 Å². The van der Waals surface area contributed by atoms with E-state index >= 15 is 0 Å². The number of nitrogens with zero attached hydrogens (tertiary/aromatic N) is 1. The first-order valence-electron chi connectivity index (χ1n) is 15.0. The molecule has 1 heterocycles. The maximum atomic E-state index is 6.31. The quantitative estimate of drug-likeness (QED) is 0.218. The molecule has 2 nitrogen and oxygen atoms in total. The van der Waals surface area contributed by atoms with Gasteiger partial charge in [-0.2, -0.15) is 0 Å². The van der Waals surface area contributed by atoms with E-state index < -0.39 is 5.41 Å². The van der Waals surface area contributed by atoms with E-state index in [9.17, 15) is 0 Å². The lowest BCUT2D eigenvalue weighted by Crippen LogP contribution is -2.29. The van der Waals surface area contributed by atoms with Gasteiger partial charge in [0.1, 0.15) is 5.52 Å². The van der Waals surface area contributed by atoms with Crippen molar-refractivity contribution in [3.63, 3.8) is 0 Å². The second kappa shape index (κ2) is 8.65. The Bertz CT molecular complexity index is 2190. The first-order valence-corrected chi connectivity index (χ1v) is 15.0. The van der Waals surface area contributed by atoms with Crippen molar-refractivity contribution in [1.82, 2.24) is 4.98 Å². The standard InChI is InChI=1S/C41H29NO/c1-40(2)31-17-8-7-16-30(31)38-33(40)19-12-20-34(38)41(27-13-4-3-5-14-27)32-18-9-6-15-28(32)29-24-23-26(25-35(29)41)39-42-36-21-10-11-22-37(36)43-39/h3-25H,1-2H3. The van der Waals surface area contributed by atoms with Crippen molar-refractivity contribution < 1.29 is 4.42 Å². The molecule has 7 aromatic rings. The van der Waals surface area contributed by atoms with E-state index in [0.29, 0.717) is 5.89 Å². The van der Waals surface area contributed by atoms with Gasteiger partial charge in [-0.15, -0.1) is 0 Å². The van der Waals surface area contributed by atoms with Gasteiger partial charge >= 0.3 is 0 Å². The number of oxazole rings is 1. The molecule has 6 aromatic carbocycles. The van der Waals surface area contributed by atoms with Gasteiger partial charge in [0.25, 0.3) is 0 Å². The molecule has 0 N–H and O–H groups in total. The molecule has 0 saturated heterocycles. The van der Waals surface area contributed by atoms with Gasteiger partial charge in [0.15, 0.2) is 5.58 Å². The lowest BCUT2D eigenvalue weighted by atomic mass is 9.65. The Morgan fingerprint density at radius 1 is 0.512 bits per heavy atom. The number of para-hydroxylation sites is 2. The fourth-order valence-corrected chi connectivity index (χ4v) is 7.92. The van der Waals surface area contributed by atoms with Crippen LogP contribution in [0, 0.1) is 0 Å². The molecular weight excluding hydrogens is 522 g/mol. The number of benzene rings is 6. The van der Waals surface area contributed by atoms with E-state index in [4.69, 9.17) is 9.40 Å². The van der Waals surface area contributed by atoms with Crippen LogP contribution in [0.25, 0.3) is 44.8 Å². The van der Waals surface area contributed by atoms with Gasteiger partial charge in [0, 0.05) is 11.0 Å². The Hall–Kier alpha value is -5.21. The summed E-state index contributed by atoms with van der Waals surface area (Å²) >= 11 is 0. The summed E-state index contributed by atoms with van der Waals surface area (Å²) in [5.41, 5.74) is 15.1. The van der Waals surface area contributed by atoms with Crippen molar-refractivity contribution in [2.24, 2.45) is 0 Å². The van der Waals surface area contributed by atoms with Crippen LogP contribution >= 0.6 is 0 Å². The second-order valence-corrected chi connectivity index (χ2v) is 12.3. The molecule has 0 aliphatic heterocycles. The first-order chi connectivity index (χ1) is 21.1. The number of rotatable bonds is 3. The summed E-state index contributed by atoms with van der Waals surface area (Å²) in [6.07, 6.45) is 0. The zero-order valence-corrected chi connectivity index (χ0v) is 24.1. The molecule has 1 atom stereocenters. The fourth-order valence-electron chi connectivity index (χ4n) is 7.92. The molecule has 2 heteroatoms. The SMILES string of the molecule is CC1(C)c2ccccc2-c2c1cccc2C1(c2ccccc2)c2ccccc2-c2ccc(-c3nc4ccccc4o3)cc21. The molecule has 1 aromatic heterocycles. The number of fused-ring (bicyclic) bond motifs is 7. The highest BCUT2D eigenvalue weighted by Gasteiger charge is 2.49. The zero-order chi connectivity index (χ0) is 28.8. The van der Waals surface area contributed by atoms with Crippen LogP contribution in [-0.4, -0.2) is 4.98 Å². The summed E-state index contributed by atoms with van der Waals surface area (Å²) in [6.45, 7) is 4.72. The molecule has 204 valence electrons. The predicted octanol–water partition coefficient (Wildman–Crippen LogP) is 10.2. The number of aromatic nitrogens is 1. The highest BCUT2D eigenvalue weighted by atomic mass is 16.3. The smallest absolute Gasteiger partial charge is 0.227 e. The monoisotopic (exact) mass is 551 g/mol. The van der Waals surface area contributed by atoms with Gasteiger partial charge in [-0.05, 0) is 79.9 Å². The van der Waals surface area contributed by atoms with Gasteiger partial charge in [-0.3, -0.25) is 0 Å². The van der Waals surface area contributed by atoms with Crippen molar-refractivity contribution >= 4 is 11.1 Å². The van der Waals surface area contributed by atoms with Crippen molar-refractivity contribution in [2.45, 2.75) is 24.7 Å². The van der Waals surface area contributed by atoms with Gasteiger partial charge in [-0.25, -0.2) is 4.98 Å². The molecule has 2 aliphatic carbocycles. The third-order valence-corrected chi connectivity index (χ3v) is 9.80. The molecular formula is C41H29NO. The highest BCUT2D eigenvalue weighted by Crippen LogP contribution is 2.61. The van der Waals surface area contributed by atoms with E-state index in [2.05, 4.69) is 129 Å². The molecule has 0 spiro atoms. The molecule has 9 rings (SSSR count). The normalized spacial score (nSPS) is 17.3. The Morgan fingerprint density at radius 2 is 1.16 bits per heavy atom. The van der Waals surface area contributed by atoms with E-state index in [1.165, 1.54) is 55.6 Å². The Morgan fingerprint density at radius 3 is 2.00 bits per heavy atom. The summed E-state index contributed by atoms with van der Waals surface area (Å²) in [7, 11) is 0. The van der Waals surface area contributed by atoms with Gasteiger partial charge in [-0.1, -0.05) is 129 Å². The van der Waals surface area contributed by atoms with Crippen molar-refractivity contribution in [3.8, 4) is 33.7 Å². The summed E-state index contributed by atoms with van der Waals surface area (Å²) in [6, 6.07) is 50.6. The van der Waals surface area contributed by atoms with Crippen LogP contribution in [0.15, 0.2) is 144 Å². The van der Waals surface area contributed by atoms with Crippen LogP contribution in [0.4, 0.5) is 0 Å².